The van der Waals surface area contributed by atoms with Crippen LogP contribution in [-0.2, 0) is 20.5 Å². The number of hydrogen-bond acceptors (Lipinski definition) is 3. The van der Waals surface area contributed by atoms with Crippen molar-refractivity contribution in [3.8, 4) is 11.1 Å². The lowest BCUT2D eigenvalue weighted by Crippen LogP contribution is -2.03. The zero-order valence-corrected chi connectivity index (χ0v) is 15.1. The Morgan fingerprint density at radius 3 is 2.65 bits per heavy atom. The van der Waals surface area contributed by atoms with E-state index in [1.165, 1.54) is 0 Å². The fourth-order valence-electron chi connectivity index (χ4n) is 3.36. The lowest BCUT2D eigenvalue weighted by molar-refractivity contribution is 0.0994. The zero-order valence-electron chi connectivity index (χ0n) is 15.1. The van der Waals surface area contributed by atoms with E-state index in [0.29, 0.717) is 6.42 Å². The maximum absolute atomic E-state index is 13.0. The van der Waals surface area contributed by atoms with Crippen molar-refractivity contribution in [3.63, 3.8) is 0 Å². The molecule has 0 aliphatic heterocycles. The molecule has 4 rings (SSSR count). The van der Waals surface area contributed by atoms with Gasteiger partial charge in [0, 0.05) is 66.8 Å². The van der Waals surface area contributed by atoms with Crippen LogP contribution in [0.3, 0.4) is 0 Å². The largest absolute Gasteiger partial charge is 0.350 e. The average molecular weight is 344 g/mol. The van der Waals surface area contributed by atoms with Gasteiger partial charge in [0.2, 0.25) is 0 Å². The van der Waals surface area contributed by atoms with Crippen LogP contribution in [0.5, 0.6) is 0 Å². The summed E-state index contributed by atoms with van der Waals surface area (Å²) in [5, 5.41) is 5.21. The SMILES string of the molecule is Cc1cc(CC(=O)c2cn(C)c3ccc(-c4cnn(C)c4)cc23)ccn1. The van der Waals surface area contributed by atoms with E-state index in [4.69, 9.17) is 0 Å². The molecule has 0 saturated carbocycles. The monoisotopic (exact) mass is 344 g/mol. The van der Waals surface area contributed by atoms with Crippen molar-refractivity contribution in [2.45, 2.75) is 13.3 Å². The number of nitrogens with zero attached hydrogens (tertiary/aromatic N) is 4. The number of carbonyl (C=O) groups excluding carboxylic acids is 1. The summed E-state index contributed by atoms with van der Waals surface area (Å²) in [4.78, 5) is 17.2. The van der Waals surface area contributed by atoms with Gasteiger partial charge >= 0.3 is 0 Å². The molecule has 0 spiro atoms. The Hall–Kier alpha value is -3.21. The summed E-state index contributed by atoms with van der Waals surface area (Å²) in [7, 11) is 3.87. The minimum absolute atomic E-state index is 0.115. The van der Waals surface area contributed by atoms with Crippen molar-refractivity contribution >= 4 is 16.7 Å². The number of aryl methyl sites for hydroxylation is 3. The van der Waals surface area contributed by atoms with Gasteiger partial charge in [-0.25, -0.2) is 0 Å². The Morgan fingerprint density at radius 2 is 1.92 bits per heavy atom. The van der Waals surface area contributed by atoms with Gasteiger partial charge in [0.05, 0.1) is 6.20 Å². The highest BCUT2D eigenvalue weighted by molar-refractivity contribution is 6.09. The van der Waals surface area contributed by atoms with Crippen molar-refractivity contribution in [2.24, 2.45) is 14.1 Å². The molecule has 3 heterocycles. The molecule has 0 amide bonds. The molecular formula is C21H20N4O. The van der Waals surface area contributed by atoms with E-state index in [2.05, 4.69) is 28.3 Å². The first-order valence-corrected chi connectivity index (χ1v) is 8.54. The van der Waals surface area contributed by atoms with Gasteiger partial charge in [0.25, 0.3) is 0 Å². The van der Waals surface area contributed by atoms with Crippen LogP contribution in [0.25, 0.3) is 22.0 Å². The standard InChI is InChI=1S/C21H20N4O/c1-14-8-15(6-7-22-14)9-21(26)19-13-24(2)20-5-4-16(10-18(19)20)17-11-23-25(3)12-17/h4-8,10-13H,9H2,1-3H3. The molecule has 26 heavy (non-hydrogen) atoms. The Labute approximate surface area is 151 Å². The Morgan fingerprint density at radius 1 is 1.08 bits per heavy atom. The van der Waals surface area contributed by atoms with Gasteiger partial charge in [0.15, 0.2) is 5.78 Å². The number of carbonyl (C=O) groups is 1. The van der Waals surface area contributed by atoms with Crippen LogP contribution in [0.2, 0.25) is 0 Å². The summed E-state index contributed by atoms with van der Waals surface area (Å²) in [5.74, 6) is 0.115. The van der Waals surface area contributed by atoms with Crippen molar-refractivity contribution < 1.29 is 4.79 Å². The molecule has 0 bridgehead atoms. The minimum atomic E-state index is 0.115. The van der Waals surface area contributed by atoms with Gasteiger partial charge < -0.3 is 4.57 Å². The second kappa shape index (κ2) is 6.26. The van der Waals surface area contributed by atoms with Gasteiger partial charge in [0.1, 0.15) is 0 Å². The van der Waals surface area contributed by atoms with Crippen LogP contribution in [0.15, 0.2) is 55.1 Å². The lowest BCUT2D eigenvalue weighted by atomic mass is 10.0. The predicted molar refractivity (Wildman–Crippen MR) is 102 cm³/mol. The summed E-state index contributed by atoms with van der Waals surface area (Å²) in [6.45, 7) is 1.94. The second-order valence-corrected chi connectivity index (χ2v) is 6.69. The molecule has 5 heteroatoms. The molecule has 1 aromatic carbocycles. The maximum atomic E-state index is 13.0. The number of hydrogen-bond donors (Lipinski definition) is 0. The van der Waals surface area contributed by atoms with Crippen molar-refractivity contribution in [1.82, 2.24) is 19.3 Å². The van der Waals surface area contributed by atoms with Crippen LogP contribution in [0.4, 0.5) is 0 Å². The van der Waals surface area contributed by atoms with Crippen LogP contribution >= 0.6 is 0 Å². The number of benzene rings is 1. The summed E-state index contributed by atoms with van der Waals surface area (Å²) in [6, 6.07) is 10.1. The van der Waals surface area contributed by atoms with Crippen molar-refractivity contribution in [1.29, 1.82) is 0 Å². The van der Waals surface area contributed by atoms with Crippen LogP contribution in [0.1, 0.15) is 21.6 Å². The normalized spacial score (nSPS) is 11.2. The highest BCUT2D eigenvalue weighted by atomic mass is 16.1. The van der Waals surface area contributed by atoms with Crippen LogP contribution < -0.4 is 0 Å². The first kappa shape index (κ1) is 16.3. The fraction of sp³-hybridized carbons (Fsp3) is 0.190. The molecule has 0 N–H and O–H groups in total. The highest BCUT2D eigenvalue weighted by Crippen LogP contribution is 2.28. The van der Waals surface area contributed by atoms with E-state index in [-0.39, 0.29) is 5.78 Å². The smallest absolute Gasteiger partial charge is 0.169 e. The molecule has 0 unspecified atom stereocenters. The van der Waals surface area contributed by atoms with Gasteiger partial charge in [-0.1, -0.05) is 6.07 Å². The van der Waals surface area contributed by atoms with Crippen LogP contribution in [-0.4, -0.2) is 25.1 Å². The number of ketones is 1. The third-order valence-corrected chi connectivity index (χ3v) is 4.65. The minimum Gasteiger partial charge on any atom is -0.350 e. The summed E-state index contributed by atoms with van der Waals surface area (Å²) in [6.07, 6.45) is 7.87. The second-order valence-electron chi connectivity index (χ2n) is 6.69. The van der Waals surface area contributed by atoms with Gasteiger partial charge in [-0.2, -0.15) is 5.10 Å². The van der Waals surface area contributed by atoms with Crippen molar-refractivity contribution in [2.75, 3.05) is 0 Å². The van der Waals surface area contributed by atoms with Gasteiger partial charge in [-0.3, -0.25) is 14.5 Å². The molecule has 0 fully saturated rings. The Bertz CT molecular complexity index is 1120. The molecular weight excluding hydrogens is 324 g/mol. The summed E-state index contributed by atoms with van der Waals surface area (Å²) in [5.41, 5.74) is 5.82. The molecule has 0 radical (unpaired) electrons. The Kier molecular flexibility index (Phi) is 3.92. The molecule has 0 saturated heterocycles. The van der Waals surface area contributed by atoms with E-state index in [1.807, 2.05) is 56.3 Å². The van der Waals surface area contributed by atoms with Gasteiger partial charge in [-0.15, -0.1) is 0 Å². The number of Topliss-reactive ketones (excluding diaryl/α,β-unsaturated/α-hetero) is 1. The molecule has 4 aromatic rings. The first-order chi connectivity index (χ1) is 12.5. The van der Waals surface area contributed by atoms with E-state index < -0.39 is 0 Å². The molecule has 5 nitrogen and oxygen atoms in total. The highest BCUT2D eigenvalue weighted by Gasteiger charge is 2.16. The first-order valence-electron chi connectivity index (χ1n) is 8.54. The zero-order chi connectivity index (χ0) is 18.3. The quantitative estimate of drug-likeness (QED) is 0.530. The van der Waals surface area contributed by atoms with Crippen LogP contribution in [0, 0.1) is 6.92 Å². The number of rotatable bonds is 4. The molecule has 3 aromatic heterocycles. The summed E-state index contributed by atoms with van der Waals surface area (Å²) >= 11 is 0. The third-order valence-electron chi connectivity index (χ3n) is 4.65. The molecule has 0 aliphatic carbocycles. The summed E-state index contributed by atoms with van der Waals surface area (Å²) < 4.78 is 3.79. The van der Waals surface area contributed by atoms with E-state index in [9.17, 15) is 4.79 Å². The third kappa shape index (κ3) is 2.92. The maximum Gasteiger partial charge on any atom is 0.169 e. The van der Waals surface area contributed by atoms with Crippen molar-refractivity contribution in [3.05, 3.63) is 71.9 Å². The lowest BCUT2D eigenvalue weighted by Gasteiger charge is -2.03. The van der Waals surface area contributed by atoms with E-state index >= 15 is 0 Å². The predicted octanol–water partition coefficient (Wildman–Crippen LogP) is 3.71. The number of aromatic nitrogens is 4. The topological polar surface area (TPSA) is 52.7 Å². The Balaban J connectivity index is 1.75. The average Bonchev–Trinajstić information content (AvgIpc) is 3.18. The van der Waals surface area contributed by atoms with E-state index in [1.54, 1.807) is 10.9 Å². The number of fused-ring (bicyclic) bond motifs is 1. The molecule has 130 valence electrons. The molecule has 0 atom stereocenters. The number of pyridine rings is 1. The fourth-order valence-corrected chi connectivity index (χ4v) is 3.36. The van der Waals surface area contributed by atoms with Gasteiger partial charge in [-0.05, 0) is 42.3 Å². The van der Waals surface area contributed by atoms with E-state index in [0.717, 1.165) is 38.9 Å². The molecule has 0 aliphatic rings.